The van der Waals surface area contributed by atoms with Gasteiger partial charge in [0.25, 0.3) is 0 Å². The number of hydrogen-bond acceptors (Lipinski definition) is 1. The molecule has 0 N–H and O–H groups in total. The average Bonchev–Trinajstić information content (AvgIpc) is 2.83. The second kappa shape index (κ2) is 9.18. The summed E-state index contributed by atoms with van der Waals surface area (Å²) in [4.78, 5) is 4.41. The van der Waals surface area contributed by atoms with Gasteiger partial charge in [0.05, 0.1) is 0 Å². The van der Waals surface area contributed by atoms with Crippen LogP contribution in [0, 0.1) is 0 Å². The topological polar surface area (TPSA) is 12.9 Å². The van der Waals surface area contributed by atoms with Gasteiger partial charge in [0.15, 0.2) is 0 Å². The van der Waals surface area contributed by atoms with Gasteiger partial charge in [-0.3, -0.25) is 0 Å². The minimum atomic E-state index is 0. The molecule has 0 aliphatic heterocycles. The van der Waals surface area contributed by atoms with E-state index in [1.165, 1.54) is 21.1 Å². The van der Waals surface area contributed by atoms with Gasteiger partial charge in [-0.2, -0.15) is 0 Å². The maximum absolute atomic E-state index is 4.41. The van der Waals surface area contributed by atoms with Crippen LogP contribution < -0.4 is 24.8 Å². The van der Waals surface area contributed by atoms with Crippen molar-refractivity contribution >= 4 is 0 Å². The van der Waals surface area contributed by atoms with Crippen molar-refractivity contribution in [2.75, 3.05) is 0 Å². The van der Waals surface area contributed by atoms with E-state index in [-0.39, 0.29) is 24.8 Å². The molecule has 1 nitrogen and oxygen atoms in total. The molecule has 0 saturated heterocycles. The molecular weight excluding hydrogens is 353 g/mol. The summed E-state index contributed by atoms with van der Waals surface area (Å²) in [5.41, 5.74) is 5.38. The first-order valence-corrected chi connectivity index (χ1v) is 7.49. The van der Waals surface area contributed by atoms with E-state index in [0.717, 1.165) is 25.0 Å². The molecule has 113 valence electrons. The van der Waals surface area contributed by atoms with E-state index < -0.39 is 0 Å². The molecule has 0 amide bonds. The third-order valence-corrected chi connectivity index (χ3v) is 4.43. The van der Waals surface area contributed by atoms with Gasteiger partial charge in [-0.25, -0.2) is 0 Å². The van der Waals surface area contributed by atoms with E-state index in [2.05, 4.69) is 69.8 Å². The molecule has 1 aromatic heterocycles. The Labute approximate surface area is 152 Å². The zero-order valence-electron chi connectivity index (χ0n) is 12.0. The summed E-state index contributed by atoms with van der Waals surface area (Å²) in [6, 6.07) is 16.7. The number of allylic oxidation sites excluding steroid dienone is 4. The molecule has 0 unspecified atom stereocenters. The number of halogens is 2. The van der Waals surface area contributed by atoms with Gasteiger partial charge in [-0.15, -0.1) is 0 Å². The summed E-state index contributed by atoms with van der Waals surface area (Å²) < 4.78 is 1.33. The van der Waals surface area contributed by atoms with Crippen LogP contribution in [0.1, 0.15) is 17.7 Å². The predicted octanol–water partition coefficient (Wildman–Crippen LogP) is -1.99. The van der Waals surface area contributed by atoms with Crippen LogP contribution in [0.3, 0.4) is 0 Å². The fourth-order valence-electron chi connectivity index (χ4n) is 2.50. The third-order valence-electron chi connectivity index (χ3n) is 3.57. The minimum absolute atomic E-state index is 0. The maximum atomic E-state index is 4.41. The Balaban J connectivity index is 0.00000121. The van der Waals surface area contributed by atoms with Gasteiger partial charge in [0.2, 0.25) is 0 Å². The van der Waals surface area contributed by atoms with Crippen LogP contribution in [0.2, 0.25) is 0 Å². The van der Waals surface area contributed by atoms with E-state index in [4.69, 9.17) is 0 Å². The Morgan fingerprint density at radius 2 is 1.64 bits per heavy atom. The van der Waals surface area contributed by atoms with Crippen LogP contribution in [0.4, 0.5) is 0 Å². The van der Waals surface area contributed by atoms with Crippen molar-refractivity contribution in [3.05, 3.63) is 87.6 Å². The summed E-state index contributed by atoms with van der Waals surface area (Å²) in [5, 5.41) is 0. The van der Waals surface area contributed by atoms with Crippen LogP contribution in [-0.4, -0.2) is 4.98 Å². The molecule has 0 spiro atoms. The van der Waals surface area contributed by atoms with E-state index in [1.54, 1.807) is 0 Å². The van der Waals surface area contributed by atoms with Crippen molar-refractivity contribution in [3.63, 3.8) is 0 Å². The van der Waals surface area contributed by atoms with Gasteiger partial charge in [0.1, 0.15) is 0 Å². The molecule has 1 aliphatic carbocycles. The van der Waals surface area contributed by atoms with Gasteiger partial charge >= 0.3 is 128 Å². The van der Waals surface area contributed by atoms with Crippen LogP contribution in [-0.2, 0) is 29.1 Å². The van der Waals surface area contributed by atoms with Gasteiger partial charge in [-0.1, -0.05) is 0 Å². The van der Waals surface area contributed by atoms with E-state index >= 15 is 0 Å². The Kier molecular flexibility index (Phi) is 7.93. The van der Waals surface area contributed by atoms with Crippen LogP contribution in [0.5, 0.6) is 0 Å². The van der Waals surface area contributed by atoms with Crippen molar-refractivity contribution in [1.29, 1.82) is 0 Å². The molecule has 3 rings (SSSR count). The number of aromatic nitrogens is 1. The molecule has 2 aromatic rings. The predicted molar refractivity (Wildman–Crippen MR) is 77.8 cm³/mol. The molecule has 0 fully saturated rings. The second-order valence-corrected chi connectivity index (χ2v) is 5.66. The molecule has 0 radical (unpaired) electrons. The molecule has 1 aliphatic rings. The molecule has 22 heavy (non-hydrogen) atoms. The Morgan fingerprint density at radius 3 is 2.32 bits per heavy atom. The van der Waals surface area contributed by atoms with E-state index in [1.807, 2.05) is 12.3 Å². The quantitative estimate of drug-likeness (QED) is 0.608. The fourth-order valence-corrected chi connectivity index (χ4v) is 2.99. The van der Waals surface area contributed by atoms with Crippen molar-refractivity contribution in [3.8, 4) is 0 Å². The first kappa shape index (κ1) is 19.0. The normalized spacial score (nSPS) is 13.1. The number of pyridine rings is 1. The van der Waals surface area contributed by atoms with Crippen LogP contribution in [0.15, 0.2) is 76.4 Å². The van der Waals surface area contributed by atoms with Gasteiger partial charge in [0, 0.05) is 0 Å². The molecule has 0 bridgehead atoms. The molecular formula is C18H16Cl2CrN. The molecule has 0 saturated carbocycles. The third kappa shape index (κ3) is 4.73. The van der Waals surface area contributed by atoms with Crippen molar-refractivity contribution in [1.82, 2.24) is 4.98 Å². The SMILES string of the molecule is [Cl-].[Cl-].[Cr+2][C]1=C(Cc2ccccn2)CC=C1Cc1ccccc1. The zero-order valence-corrected chi connectivity index (χ0v) is 14.8. The fraction of sp³-hybridized carbons (Fsp3) is 0.167. The van der Waals surface area contributed by atoms with E-state index in [9.17, 15) is 0 Å². The second-order valence-electron chi connectivity index (χ2n) is 5.03. The molecule has 1 aromatic carbocycles. The summed E-state index contributed by atoms with van der Waals surface area (Å²) in [5.74, 6) is 0. The van der Waals surface area contributed by atoms with Crippen molar-refractivity contribution < 1.29 is 41.1 Å². The van der Waals surface area contributed by atoms with Gasteiger partial charge in [-0.05, 0) is 0 Å². The molecule has 4 heteroatoms. The molecule has 0 atom stereocenters. The summed E-state index contributed by atoms with van der Waals surface area (Å²) >= 11 is 3.26. The number of hydrogen-bond donors (Lipinski definition) is 0. The summed E-state index contributed by atoms with van der Waals surface area (Å²) in [7, 11) is 0. The number of benzene rings is 1. The van der Waals surface area contributed by atoms with Crippen LogP contribution >= 0.6 is 0 Å². The zero-order chi connectivity index (χ0) is 13.8. The Morgan fingerprint density at radius 1 is 0.909 bits per heavy atom. The Bertz CT molecular complexity index is 606. The Hall–Kier alpha value is -1.04. The first-order chi connectivity index (χ1) is 9.83. The van der Waals surface area contributed by atoms with E-state index in [0.29, 0.717) is 0 Å². The van der Waals surface area contributed by atoms with Crippen molar-refractivity contribution in [2.24, 2.45) is 0 Å². The first-order valence-electron chi connectivity index (χ1n) is 6.85. The summed E-state index contributed by atoms with van der Waals surface area (Å²) in [6.07, 6.45) is 7.20. The monoisotopic (exact) mass is 368 g/mol. The van der Waals surface area contributed by atoms with Gasteiger partial charge < -0.3 is 24.8 Å². The molecule has 1 heterocycles. The standard InChI is InChI=1S/C18H16N.2ClH.Cr/c1-2-6-15(7-3-1)12-16-9-10-17(13-16)14-18-8-4-5-11-19-18;;;/h1-9,11H,10,12,14H2;2*1H;/q;;;+2/p-2. The summed E-state index contributed by atoms with van der Waals surface area (Å²) in [6.45, 7) is 0. The van der Waals surface area contributed by atoms with Crippen LogP contribution in [0.25, 0.3) is 0 Å². The number of rotatable bonds is 4. The van der Waals surface area contributed by atoms with Crippen molar-refractivity contribution in [2.45, 2.75) is 19.3 Å². The number of nitrogens with zero attached hydrogens (tertiary/aromatic N) is 1. The average molecular weight is 369 g/mol.